The highest BCUT2D eigenvalue weighted by atomic mass is 35.5. The lowest BCUT2D eigenvalue weighted by atomic mass is 9.93. The molecule has 0 atom stereocenters. The number of carbonyl (C=O) groups is 1. The molecular weight excluding hydrogens is 454 g/mol. The van der Waals surface area contributed by atoms with Crippen LogP contribution < -0.4 is 4.89 Å². The molecular formula is C23H16ClNO6S. The number of aliphatic carboxylic acids is 1. The minimum Gasteiger partial charge on any atom is -0.477 e. The summed E-state index contributed by atoms with van der Waals surface area (Å²) >= 11 is 6.27. The first kappa shape index (κ1) is 20.6. The lowest BCUT2D eigenvalue weighted by Crippen LogP contribution is -2.37. The predicted molar refractivity (Wildman–Crippen MR) is 116 cm³/mol. The van der Waals surface area contributed by atoms with E-state index in [0.29, 0.717) is 33.0 Å². The maximum absolute atomic E-state index is 13.5. The molecule has 2 aliphatic rings. The van der Waals surface area contributed by atoms with Crippen molar-refractivity contribution in [2.45, 2.75) is 18.0 Å². The summed E-state index contributed by atoms with van der Waals surface area (Å²) in [5.74, 6) is -0.825. The minimum absolute atomic E-state index is 0.0278. The van der Waals surface area contributed by atoms with Crippen LogP contribution in [-0.4, -0.2) is 23.8 Å². The highest BCUT2D eigenvalue weighted by molar-refractivity contribution is 7.89. The average molecular weight is 470 g/mol. The van der Waals surface area contributed by atoms with E-state index >= 15 is 0 Å². The standard InChI is InChI=1S/C23H16ClNO6S/c24-18-7-3-1-5-15(18)12-25-22(23(26)27)21(14-9-10-19-16(11-14)13-30-31-19)17-6-2-4-8-20(17)32(25,28)29/h1-11H,12-13H2,(H,26,27). The fourth-order valence-corrected chi connectivity index (χ4v) is 5.78. The van der Waals surface area contributed by atoms with E-state index in [1.54, 1.807) is 60.7 Å². The van der Waals surface area contributed by atoms with Crippen LogP contribution in [0.4, 0.5) is 0 Å². The summed E-state index contributed by atoms with van der Waals surface area (Å²) in [7, 11) is -4.16. The van der Waals surface area contributed by atoms with Crippen molar-refractivity contribution < 1.29 is 28.1 Å². The zero-order valence-electron chi connectivity index (χ0n) is 16.5. The summed E-state index contributed by atoms with van der Waals surface area (Å²) in [4.78, 5) is 22.6. The molecule has 0 aromatic heterocycles. The number of carboxylic acids is 1. The number of fused-ring (bicyclic) bond motifs is 2. The first-order valence-corrected chi connectivity index (χ1v) is 11.5. The Morgan fingerprint density at radius 1 is 1.06 bits per heavy atom. The number of halogens is 1. The second kappa shape index (κ2) is 7.67. The van der Waals surface area contributed by atoms with Gasteiger partial charge in [0.05, 0.1) is 11.4 Å². The van der Waals surface area contributed by atoms with Gasteiger partial charge in [0.2, 0.25) is 0 Å². The quantitative estimate of drug-likeness (QED) is 0.575. The van der Waals surface area contributed by atoms with Crippen LogP contribution in [0.2, 0.25) is 5.02 Å². The first-order valence-electron chi connectivity index (χ1n) is 9.64. The molecule has 2 heterocycles. The number of benzene rings is 3. The molecule has 0 aliphatic carbocycles. The number of carboxylic acid groups (broad SMARTS) is 1. The van der Waals surface area contributed by atoms with Crippen molar-refractivity contribution in [2.24, 2.45) is 0 Å². The van der Waals surface area contributed by atoms with Gasteiger partial charge in [-0.1, -0.05) is 54.1 Å². The molecule has 2 aliphatic heterocycles. The third kappa shape index (κ3) is 3.24. The molecule has 9 heteroatoms. The van der Waals surface area contributed by atoms with Crippen LogP contribution in [0.15, 0.2) is 77.3 Å². The smallest absolute Gasteiger partial charge is 0.353 e. The van der Waals surface area contributed by atoms with Crippen molar-refractivity contribution in [1.82, 2.24) is 4.31 Å². The van der Waals surface area contributed by atoms with E-state index in [9.17, 15) is 18.3 Å². The molecule has 0 bridgehead atoms. The number of hydrogen-bond donors (Lipinski definition) is 1. The fraction of sp³-hybridized carbons (Fsp3) is 0.0870. The maximum Gasteiger partial charge on any atom is 0.353 e. The average Bonchev–Trinajstić information content (AvgIpc) is 3.24. The van der Waals surface area contributed by atoms with Gasteiger partial charge in [0, 0.05) is 21.7 Å². The highest BCUT2D eigenvalue weighted by Crippen LogP contribution is 2.42. The number of nitrogens with zero attached hydrogens (tertiary/aromatic N) is 1. The summed E-state index contributed by atoms with van der Waals surface area (Å²) < 4.78 is 28.0. The molecule has 0 spiro atoms. The normalized spacial score (nSPS) is 16.3. The zero-order chi connectivity index (χ0) is 22.5. The molecule has 7 nitrogen and oxygen atoms in total. The Labute approximate surface area is 189 Å². The molecule has 0 amide bonds. The van der Waals surface area contributed by atoms with Gasteiger partial charge in [0.25, 0.3) is 10.0 Å². The van der Waals surface area contributed by atoms with Crippen molar-refractivity contribution in [3.8, 4) is 5.75 Å². The van der Waals surface area contributed by atoms with Crippen molar-refractivity contribution in [1.29, 1.82) is 0 Å². The molecule has 32 heavy (non-hydrogen) atoms. The second-order valence-corrected chi connectivity index (χ2v) is 9.53. The van der Waals surface area contributed by atoms with Crippen LogP contribution >= 0.6 is 11.6 Å². The van der Waals surface area contributed by atoms with Gasteiger partial charge < -0.3 is 9.99 Å². The van der Waals surface area contributed by atoms with Crippen LogP contribution in [0.3, 0.4) is 0 Å². The molecule has 5 rings (SSSR count). The molecule has 0 saturated carbocycles. The first-order chi connectivity index (χ1) is 15.4. The second-order valence-electron chi connectivity index (χ2n) is 7.30. The molecule has 162 valence electrons. The summed E-state index contributed by atoms with van der Waals surface area (Å²) in [6.07, 6.45) is 0. The van der Waals surface area contributed by atoms with Crippen LogP contribution in [0.5, 0.6) is 5.75 Å². The van der Waals surface area contributed by atoms with Crippen LogP contribution in [0.25, 0.3) is 5.57 Å². The Kier molecular flexibility index (Phi) is 4.93. The zero-order valence-corrected chi connectivity index (χ0v) is 18.1. The Balaban J connectivity index is 1.79. The third-order valence-corrected chi connectivity index (χ3v) is 7.57. The van der Waals surface area contributed by atoms with Gasteiger partial charge in [0.1, 0.15) is 12.3 Å². The summed E-state index contributed by atoms with van der Waals surface area (Å²) in [6, 6.07) is 18.2. The van der Waals surface area contributed by atoms with E-state index < -0.39 is 16.0 Å². The molecule has 1 N–H and O–H groups in total. The van der Waals surface area contributed by atoms with Crippen LogP contribution in [0.1, 0.15) is 22.3 Å². The molecule has 0 unspecified atom stereocenters. The van der Waals surface area contributed by atoms with Gasteiger partial charge in [-0.15, -0.1) is 0 Å². The van der Waals surface area contributed by atoms with Crippen molar-refractivity contribution in [3.05, 3.63) is 99.7 Å². The lowest BCUT2D eigenvalue weighted by molar-refractivity contribution is -0.194. The van der Waals surface area contributed by atoms with Gasteiger partial charge in [-0.2, -0.15) is 4.89 Å². The third-order valence-electron chi connectivity index (χ3n) is 5.40. The monoisotopic (exact) mass is 469 g/mol. The Morgan fingerprint density at radius 2 is 1.81 bits per heavy atom. The highest BCUT2D eigenvalue weighted by Gasteiger charge is 2.40. The Bertz CT molecular complexity index is 1400. The van der Waals surface area contributed by atoms with Crippen molar-refractivity contribution in [3.63, 3.8) is 0 Å². The lowest BCUT2D eigenvalue weighted by Gasteiger charge is -2.33. The van der Waals surface area contributed by atoms with Gasteiger partial charge in [-0.25, -0.2) is 13.2 Å². The van der Waals surface area contributed by atoms with E-state index in [0.717, 1.165) is 9.87 Å². The van der Waals surface area contributed by atoms with Crippen LogP contribution in [0, 0.1) is 0 Å². The fourth-order valence-electron chi connectivity index (χ4n) is 3.93. The van der Waals surface area contributed by atoms with Gasteiger partial charge >= 0.3 is 5.97 Å². The molecule has 3 aromatic rings. The van der Waals surface area contributed by atoms with Gasteiger partial charge in [-0.3, -0.25) is 4.31 Å². The van der Waals surface area contributed by atoms with Crippen molar-refractivity contribution >= 4 is 33.2 Å². The van der Waals surface area contributed by atoms with Gasteiger partial charge in [-0.05, 0) is 35.4 Å². The number of rotatable bonds is 4. The van der Waals surface area contributed by atoms with E-state index in [1.165, 1.54) is 6.07 Å². The van der Waals surface area contributed by atoms with Crippen LogP contribution in [-0.2, 0) is 32.9 Å². The topological polar surface area (TPSA) is 93.1 Å². The Hall–Kier alpha value is -3.33. The number of hydrogen-bond acceptors (Lipinski definition) is 5. The molecule has 0 radical (unpaired) electrons. The van der Waals surface area contributed by atoms with E-state index in [4.69, 9.17) is 21.4 Å². The molecule has 0 saturated heterocycles. The van der Waals surface area contributed by atoms with Crippen molar-refractivity contribution in [2.75, 3.05) is 0 Å². The van der Waals surface area contributed by atoms with E-state index in [-0.39, 0.29) is 23.7 Å². The largest absolute Gasteiger partial charge is 0.477 e. The number of sulfonamides is 1. The summed E-state index contributed by atoms with van der Waals surface area (Å²) in [6.45, 7) is -0.0131. The van der Waals surface area contributed by atoms with E-state index in [2.05, 4.69) is 0 Å². The maximum atomic E-state index is 13.5. The minimum atomic E-state index is -4.16. The Morgan fingerprint density at radius 3 is 2.59 bits per heavy atom. The predicted octanol–water partition coefficient (Wildman–Crippen LogP) is 4.21. The van der Waals surface area contributed by atoms with E-state index in [1.807, 2.05) is 0 Å². The van der Waals surface area contributed by atoms with Gasteiger partial charge in [0.15, 0.2) is 5.75 Å². The molecule has 3 aromatic carbocycles. The SMILES string of the molecule is O=C(O)C1=C(c2ccc3c(c2)COO3)c2ccccc2S(=O)(=O)N1Cc1ccccc1Cl. The summed E-state index contributed by atoms with van der Waals surface area (Å²) in [5, 5.41) is 10.5. The molecule has 0 fully saturated rings. The summed E-state index contributed by atoms with van der Waals surface area (Å²) in [5.41, 5.74) is 2.05.